The van der Waals surface area contributed by atoms with E-state index in [0.717, 1.165) is 16.2 Å². The largest absolute Gasteiger partial charge is 0.302 e. The second kappa shape index (κ2) is 11.7. The van der Waals surface area contributed by atoms with Crippen LogP contribution >= 0.6 is 11.3 Å². The summed E-state index contributed by atoms with van der Waals surface area (Å²) in [4.78, 5) is 14.8. The highest BCUT2D eigenvalue weighted by molar-refractivity contribution is 7.91. The molecule has 0 fully saturated rings. The Balaban J connectivity index is 1.97. The molecule has 2 aromatic carbocycles. The molecular weight excluding hydrogens is 569 g/mol. The first-order valence-corrected chi connectivity index (χ1v) is 15.6. The minimum absolute atomic E-state index is 0.0449. The monoisotopic (exact) mass is 598 g/mol. The van der Waals surface area contributed by atoms with Crippen LogP contribution in [-0.4, -0.2) is 18.7 Å². The Labute approximate surface area is 241 Å². The summed E-state index contributed by atoms with van der Waals surface area (Å²) in [5, 5.41) is 9.68. The van der Waals surface area contributed by atoms with Crippen molar-refractivity contribution in [3.05, 3.63) is 99.1 Å². The minimum atomic E-state index is -3.50. The van der Waals surface area contributed by atoms with Crippen LogP contribution in [0.1, 0.15) is 62.3 Å². The SMILES string of the molecule is CCC(F)(F)c1cc(-c2ccc(-c3cc(C(C)C)cc(S(=O)(=O)CC)c3)s2)n(Cc2ccccc2F)c(=O)c1C#N. The molecule has 5 nitrogen and oxygen atoms in total. The molecule has 41 heavy (non-hydrogen) atoms. The summed E-state index contributed by atoms with van der Waals surface area (Å²) in [5.74, 6) is -4.03. The first-order valence-electron chi connectivity index (χ1n) is 13.1. The molecule has 4 aromatic rings. The van der Waals surface area contributed by atoms with Crippen LogP contribution in [0.15, 0.2) is 70.4 Å². The zero-order chi connectivity index (χ0) is 30.1. The highest BCUT2D eigenvalue weighted by Crippen LogP contribution is 2.40. The lowest BCUT2D eigenvalue weighted by atomic mass is 9.99. The van der Waals surface area contributed by atoms with Crippen molar-refractivity contribution in [3.63, 3.8) is 0 Å². The topological polar surface area (TPSA) is 79.9 Å². The fraction of sp³-hybridized carbons (Fsp3) is 0.290. The summed E-state index contributed by atoms with van der Waals surface area (Å²) >= 11 is 1.19. The molecule has 0 spiro atoms. The predicted molar refractivity (Wildman–Crippen MR) is 156 cm³/mol. The van der Waals surface area contributed by atoms with Crippen molar-refractivity contribution >= 4 is 21.2 Å². The number of hydrogen-bond acceptors (Lipinski definition) is 5. The molecule has 0 saturated heterocycles. The second-order valence-corrected chi connectivity index (χ2v) is 13.3. The molecule has 0 aliphatic carbocycles. The molecule has 0 unspecified atom stereocenters. The Bertz CT molecular complexity index is 1820. The molecule has 0 aliphatic heterocycles. The van der Waals surface area contributed by atoms with E-state index in [1.807, 2.05) is 19.9 Å². The number of halogens is 3. The van der Waals surface area contributed by atoms with Gasteiger partial charge in [-0.2, -0.15) is 5.26 Å². The standard InChI is InChI=1S/C31H29F3N2O3S2/c1-5-31(33,34)25-16-27(36(30(37)24(25)17-35)18-20-9-7-8-10-26(20)32)29-12-11-28(40-29)22-13-21(19(3)4)14-23(15-22)41(38,39)6-2/h7-16,19H,5-6,18H2,1-4H3. The number of alkyl halides is 2. The summed E-state index contributed by atoms with van der Waals surface area (Å²) in [6.45, 7) is 6.47. The maximum Gasteiger partial charge on any atom is 0.274 e. The average molecular weight is 599 g/mol. The van der Waals surface area contributed by atoms with E-state index in [9.17, 15) is 31.6 Å². The Kier molecular flexibility index (Phi) is 8.62. The lowest BCUT2D eigenvalue weighted by Crippen LogP contribution is -2.29. The van der Waals surface area contributed by atoms with E-state index in [0.29, 0.717) is 15.3 Å². The number of pyridine rings is 1. The van der Waals surface area contributed by atoms with Crippen molar-refractivity contribution in [1.82, 2.24) is 4.57 Å². The van der Waals surface area contributed by atoms with Crippen LogP contribution in [0.4, 0.5) is 13.2 Å². The zero-order valence-corrected chi connectivity index (χ0v) is 24.7. The van der Waals surface area contributed by atoms with Crippen LogP contribution in [0.5, 0.6) is 0 Å². The number of benzene rings is 2. The fourth-order valence-corrected chi connectivity index (χ4v) is 6.44. The summed E-state index contributed by atoms with van der Waals surface area (Å²) < 4.78 is 71.2. The third-order valence-corrected chi connectivity index (χ3v) is 9.88. The van der Waals surface area contributed by atoms with Gasteiger partial charge in [0, 0.05) is 22.4 Å². The van der Waals surface area contributed by atoms with E-state index in [1.165, 1.54) is 36.5 Å². The van der Waals surface area contributed by atoms with Gasteiger partial charge in [0.05, 0.1) is 27.8 Å². The molecule has 214 valence electrons. The number of nitriles is 1. The summed E-state index contributed by atoms with van der Waals surface area (Å²) in [7, 11) is -3.50. The highest BCUT2D eigenvalue weighted by Gasteiger charge is 2.35. The molecule has 0 amide bonds. The number of thiophene rings is 1. The van der Waals surface area contributed by atoms with Gasteiger partial charge in [0.25, 0.3) is 11.5 Å². The molecule has 0 bridgehead atoms. The van der Waals surface area contributed by atoms with Crippen molar-refractivity contribution in [2.75, 3.05) is 5.75 Å². The first-order chi connectivity index (χ1) is 19.3. The van der Waals surface area contributed by atoms with E-state index in [-0.39, 0.29) is 34.4 Å². The molecule has 0 N–H and O–H groups in total. The van der Waals surface area contributed by atoms with Crippen molar-refractivity contribution in [2.45, 2.75) is 57.4 Å². The Morgan fingerprint density at radius 3 is 2.32 bits per heavy atom. The van der Waals surface area contributed by atoms with Gasteiger partial charge in [-0.15, -0.1) is 11.3 Å². The Hall–Kier alpha value is -3.68. The lowest BCUT2D eigenvalue weighted by molar-refractivity contribution is -0.00876. The van der Waals surface area contributed by atoms with Crippen LogP contribution in [0, 0.1) is 17.1 Å². The van der Waals surface area contributed by atoms with Gasteiger partial charge in [-0.3, -0.25) is 4.79 Å². The third kappa shape index (κ3) is 6.02. The lowest BCUT2D eigenvalue weighted by Gasteiger charge is -2.20. The fourth-order valence-electron chi connectivity index (χ4n) is 4.47. The van der Waals surface area contributed by atoms with Crippen LogP contribution in [0.2, 0.25) is 0 Å². The zero-order valence-electron chi connectivity index (χ0n) is 23.0. The number of aromatic nitrogens is 1. The molecular formula is C31H29F3N2O3S2. The smallest absolute Gasteiger partial charge is 0.274 e. The summed E-state index contributed by atoms with van der Waals surface area (Å²) in [6, 6.07) is 17.1. The van der Waals surface area contributed by atoms with Crippen LogP contribution in [0.3, 0.4) is 0 Å². The Morgan fingerprint density at radius 1 is 1.02 bits per heavy atom. The molecule has 2 heterocycles. The average Bonchev–Trinajstić information content (AvgIpc) is 3.44. The van der Waals surface area contributed by atoms with E-state index in [4.69, 9.17) is 0 Å². The van der Waals surface area contributed by atoms with E-state index < -0.39 is 44.7 Å². The summed E-state index contributed by atoms with van der Waals surface area (Å²) in [5.41, 5.74) is -0.583. The van der Waals surface area contributed by atoms with Gasteiger partial charge in [-0.05, 0) is 59.5 Å². The van der Waals surface area contributed by atoms with Crippen LogP contribution in [-0.2, 0) is 22.3 Å². The molecule has 2 aromatic heterocycles. The quantitative estimate of drug-likeness (QED) is 0.198. The van der Waals surface area contributed by atoms with Gasteiger partial charge < -0.3 is 4.57 Å². The molecule has 0 radical (unpaired) electrons. The van der Waals surface area contributed by atoms with Crippen molar-refractivity contribution in [3.8, 4) is 27.1 Å². The first kappa shape index (κ1) is 30.3. The van der Waals surface area contributed by atoms with Gasteiger partial charge in [-0.25, -0.2) is 21.6 Å². The van der Waals surface area contributed by atoms with Gasteiger partial charge in [0.1, 0.15) is 17.4 Å². The van der Waals surface area contributed by atoms with Gasteiger partial charge >= 0.3 is 0 Å². The second-order valence-electron chi connectivity index (χ2n) is 9.98. The molecule has 4 rings (SSSR count). The molecule has 0 saturated carbocycles. The number of rotatable bonds is 9. The minimum Gasteiger partial charge on any atom is -0.302 e. The van der Waals surface area contributed by atoms with E-state index in [1.54, 1.807) is 43.3 Å². The van der Waals surface area contributed by atoms with Crippen molar-refractivity contribution < 1.29 is 21.6 Å². The molecule has 0 atom stereocenters. The highest BCUT2D eigenvalue weighted by atomic mass is 32.2. The molecule has 10 heteroatoms. The van der Waals surface area contributed by atoms with E-state index >= 15 is 0 Å². The number of hydrogen-bond donors (Lipinski definition) is 0. The van der Waals surface area contributed by atoms with Gasteiger partial charge in [0.15, 0.2) is 9.84 Å². The van der Waals surface area contributed by atoms with Crippen molar-refractivity contribution in [2.24, 2.45) is 0 Å². The van der Waals surface area contributed by atoms with Crippen molar-refractivity contribution in [1.29, 1.82) is 5.26 Å². The van der Waals surface area contributed by atoms with E-state index in [2.05, 4.69) is 0 Å². The maximum atomic E-state index is 15.0. The van der Waals surface area contributed by atoms with Gasteiger partial charge in [-0.1, -0.05) is 45.9 Å². The summed E-state index contributed by atoms with van der Waals surface area (Å²) in [6.07, 6.45) is -0.621. The molecule has 0 aliphatic rings. The van der Waals surface area contributed by atoms with Crippen LogP contribution in [0.25, 0.3) is 21.0 Å². The van der Waals surface area contributed by atoms with Crippen LogP contribution < -0.4 is 5.56 Å². The maximum absolute atomic E-state index is 15.0. The normalized spacial score (nSPS) is 12.1. The third-order valence-electron chi connectivity index (χ3n) is 7.01. The van der Waals surface area contributed by atoms with Gasteiger partial charge in [0.2, 0.25) is 0 Å². The number of sulfone groups is 1. The Morgan fingerprint density at radius 2 is 1.71 bits per heavy atom. The number of nitrogens with zero attached hydrogens (tertiary/aromatic N) is 2. The predicted octanol–water partition coefficient (Wildman–Crippen LogP) is 7.72.